The third kappa shape index (κ3) is 6.47. The predicted molar refractivity (Wildman–Crippen MR) is 140 cm³/mol. The maximum atomic E-state index is 13.5. The van der Waals surface area contributed by atoms with E-state index in [9.17, 15) is 9.18 Å². The quantitative estimate of drug-likeness (QED) is 0.233. The van der Waals surface area contributed by atoms with E-state index in [0.717, 1.165) is 24.3 Å². The molecule has 0 aliphatic carbocycles. The zero-order valence-corrected chi connectivity index (χ0v) is 20.2. The molecule has 0 amide bonds. The van der Waals surface area contributed by atoms with Crippen molar-refractivity contribution in [2.75, 3.05) is 12.0 Å². The minimum Gasteiger partial charge on any atom is -0.494 e. The van der Waals surface area contributed by atoms with E-state index >= 15 is 0 Å². The van der Waals surface area contributed by atoms with Gasteiger partial charge in [-0.25, -0.2) is 14.1 Å². The summed E-state index contributed by atoms with van der Waals surface area (Å²) in [6.45, 7) is 3.37. The van der Waals surface area contributed by atoms with Crippen LogP contribution in [0.1, 0.15) is 51.0 Å². The van der Waals surface area contributed by atoms with Crippen LogP contribution in [0.15, 0.2) is 77.6 Å². The molecule has 0 fully saturated rings. The molecular weight excluding hydrogens is 441 g/mol. The molecule has 0 saturated heterocycles. The van der Waals surface area contributed by atoms with Gasteiger partial charge >= 0.3 is 0 Å². The van der Waals surface area contributed by atoms with Crippen LogP contribution in [-0.2, 0) is 6.54 Å². The Labute approximate surface area is 205 Å². The normalized spacial score (nSPS) is 11.0. The molecule has 0 atom stereocenters. The monoisotopic (exact) mass is 473 g/mol. The van der Waals surface area contributed by atoms with Gasteiger partial charge in [-0.2, -0.15) is 0 Å². The summed E-state index contributed by atoms with van der Waals surface area (Å²) in [5.74, 6) is 0.946. The summed E-state index contributed by atoms with van der Waals surface area (Å²) >= 11 is 0. The lowest BCUT2D eigenvalue weighted by Crippen LogP contribution is -2.31. The SMILES string of the molecule is CCCCCCCCOc1ccc(CNn2c(-c3ccc(F)cc3)nc3ccccc3c2=O)cc1. The number of fused-ring (bicyclic) bond motifs is 1. The van der Waals surface area contributed by atoms with Crippen LogP contribution in [0.3, 0.4) is 0 Å². The average molecular weight is 474 g/mol. The Morgan fingerprint density at radius 1 is 0.886 bits per heavy atom. The van der Waals surface area contributed by atoms with Crippen LogP contribution in [0.2, 0.25) is 0 Å². The fraction of sp³-hybridized carbons (Fsp3) is 0.310. The van der Waals surface area contributed by atoms with E-state index in [0.29, 0.717) is 28.8 Å². The van der Waals surface area contributed by atoms with Crippen molar-refractivity contribution in [1.82, 2.24) is 9.66 Å². The van der Waals surface area contributed by atoms with Gasteiger partial charge in [0.2, 0.25) is 0 Å². The number of halogens is 1. The number of para-hydroxylation sites is 1. The molecule has 0 radical (unpaired) electrons. The number of hydrogen-bond donors (Lipinski definition) is 1. The highest BCUT2D eigenvalue weighted by molar-refractivity contribution is 5.79. The van der Waals surface area contributed by atoms with E-state index in [2.05, 4.69) is 17.3 Å². The second-order valence-electron chi connectivity index (χ2n) is 8.70. The van der Waals surface area contributed by atoms with Gasteiger partial charge < -0.3 is 10.2 Å². The van der Waals surface area contributed by atoms with Gasteiger partial charge in [0.1, 0.15) is 11.6 Å². The van der Waals surface area contributed by atoms with Crippen molar-refractivity contribution in [2.45, 2.75) is 52.0 Å². The third-order valence-corrected chi connectivity index (χ3v) is 6.01. The molecule has 0 aliphatic heterocycles. The van der Waals surface area contributed by atoms with Crippen LogP contribution in [0.25, 0.3) is 22.3 Å². The first-order valence-corrected chi connectivity index (χ1v) is 12.4. The highest BCUT2D eigenvalue weighted by Gasteiger charge is 2.13. The number of hydrogen-bond acceptors (Lipinski definition) is 4. The van der Waals surface area contributed by atoms with Crippen LogP contribution in [-0.4, -0.2) is 16.3 Å². The van der Waals surface area contributed by atoms with Gasteiger partial charge in [0.25, 0.3) is 5.56 Å². The maximum absolute atomic E-state index is 13.5. The highest BCUT2D eigenvalue weighted by atomic mass is 19.1. The van der Waals surface area contributed by atoms with Crippen molar-refractivity contribution in [2.24, 2.45) is 0 Å². The maximum Gasteiger partial charge on any atom is 0.280 e. The molecule has 4 rings (SSSR count). The second-order valence-corrected chi connectivity index (χ2v) is 8.70. The molecule has 0 saturated carbocycles. The van der Waals surface area contributed by atoms with Gasteiger partial charge in [-0.05, 0) is 60.5 Å². The Morgan fingerprint density at radius 3 is 2.37 bits per heavy atom. The fourth-order valence-corrected chi connectivity index (χ4v) is 4.02. The summed E-state index contributed by atoms with van der Waals surface area (Å²) in [5, 5.41) is 0.518. The second kappa shape index (κ2) is 12.2. The summed E-state index contributed by atoms with van der Waals surface area (Å²) < 4.78 is 20.8. The number of nitrogens with zero attached hydrogens (tertiary/aromatic N) is 2. The first-order valence-electron chi connectivity index (χ1n) is 12.4. The van der Waals surface area contributed by atoms with Crippen LogP contribution in [0.4, 0.5) is 4.39 Å². The van der Waals surface area contributed by atoms with Crippen LogP contribution in [0, 0.1) is 5.82 Å². The Balaban J connectivity index is 1.44. The van der Waals surface area contributed by atoms with E-state index in [4.69, 9.17) is 4.74 Å². The predicted octanol–water partition coefficient (Wildman–Crippen LogP) is 6.69. The van der Waals surface area contributed by atoms with Gasteiger partial charge in [0, 0.05) is 5.56 Å². The fourth-order valence-electron chi connectivity index (χ4n) is 4.02. The zero-order valence-electron chi connectivity index (χ0n) is 20.2. The first-order chi connectivity index (χ1) is 17.2. The Kier molecular flexibility index (Phi) is 8.49. The summed E-state index contributed by atoms with van der Waals surface area (Å²) in [6, 6.07) is 21.1. The van der Waals surface area contributed by atoms with Crippen molar-refractivity contribution in [1.29, 1.82) is 0 Å². The lowest BCUT2D eigenvalue weighted by molar-refractivity contribution is 0.304. The van der Waals surface area contributed by atoms with Gasteiger partial charge in [-0.1, -0.05) is 63.3 Å². The number of unbranched alkanes of at least 4 members (excludes halogenated alkanes) is 5. The van der Waals surface area contributed by atoms with Crippen molar-refractivity contribution in [3.8, 4) is 17.1 Å². The molecule has 6 heteroatoms. The molecule has 1 heterocycles. The largest absolute Gasteiger partial charge is 0.494 e. The number of rotatable bonds is 12. The number of aromatic nitrogens is 2. The lowest BCUT2D eigenvalue weighted by Gasteiger charge is -2.16. The summed E-state index contributed by atoms with van der Waals surface area (Å²) in [6.07, 6.45) is 7.41. The van der Waals surface area contributed by atoms with E-state index in [1.807, 2.05) is 36.4 Å². The highest BCUT2D eigenvalue weighted by Crippen LogP contribution is 2.19. The van der Waals surface area contributed by atoms with Gasteiger partial charge in [-0.3, -0.25) is 4.79 Å². The molecule has 0 bridgehead atoms. The molecular formula is C29H32FN3O2. The first kappa shape index (κ1) is 24.5. The molecule has 0 spiro atoms. The van der Waals surface area contributed by atoms with E-state index in [-0.39, 0.29) is 11.4 Å². The molecule has 1 N–H and O–H groups in total. The summed E-state index contributed by atoms with van der Waals surface area (Å²) in [4.78, 5) is 17.9. The third-order valence-electron chi connectivity index (χ3n) is 6.01. The number of benzene rings is 3. The number of ether oxygens (including phenoxy) is 1. The molecule has 3 aromatic carbocycles. The summed E-state index contributed by atoms with van der Waals surface area (Å²) in [7, 11) is 0. The van der Waals surface area contributed by atoms with Crippen LogP contribution in [0.5, 0.6) is 5.75 Å². The van der Waals surface area contributed by atoms with E-state index < -0.39 is 0 Å². The zero-order chi connectivity index (χ0) is 24.5. The lowest BCUT2D eigenvalue weighted by atomic mass is 10.1. The molecule has 1 aromatic heterocycles. The average Bonchev–Trinajstić information content (AvgIpc) is 2.89. The number of nitrogens with one attached hydrogen (secondary N) is 1. The van der Waals surface area contributed by atoms with Crippen molar-refractivity contribution in [3.63, 3.8) is 0 Å². The molecule has 35 heavy (non-hydrogen) atoms. The summed E-state index contributed by atoms with van der Waals surface area (Å²) in [5.41, 5.74) is 5.26. The molecule has 5 nitrogen and oxygen atoms in total. The van der Waals surface area contributed by atoms with E-state index in [1.165, 1.54) is 48.9 Å². The topological polar surface area (TPSA) is 56.1 Å². The minimum absolute atomic E-state index is 0.200. The van der Waals surface area contributed by atoms with Crippen LogP contribution < -0.4 is 15.7 Å². The Morgan fingerprint density at radius 2 is 1.60 bits per heavy atom. The Hall–Kier alpha value is -3.67. The van der Waals surface area contributed by atoms with Crippen molar-refractivity contribution < 1.29 is 9.13 Å². The van der Waals surface area contributed by atoms with Gasteiger partial charge in [-0.15, -0.1) is 0 Å². The molecule has 182 valence electrons. The van der Waals surface area contributed by atoms with Gasteiger partial charge in [0.05, 0.1) is 24.1 Å². The Bertz CT molecular complexity index is 1280. The van der Waals surface area contributed by atoms with Crippen LogP contribution >= 0.6 is 0 Å². The standard InChI is InChI=1S/C29H32FN3O2/c1-2-3-4-5-6-9-20-35-25-18-12-22(13-19-25)21-31-33-28(23-14-16-24(30)17-15-23)32-27-11-8-7-10-26(27)29(33)34/h7-8,10-19,31H,2-6,9,20-21H2,1H3. The minimum atomic E-state index is -0.338. The van der Waals surface area contributed by atoms with Crippen molar-refractivity contribution in [3.05, 3.63) is 94.5 Å². The van der Waals surface area contributed by atoms with Crippen molar-refractivity contribution >= 4 is 10.9 Å². The molecule has 4 aromatic rings. The molecule has 0 unspecified atom stereocenters. The van der Waals surface area contributed by atoms with E-state index in [1.54, 1.807) is 24.3 Å². The molecule has 0 aliphatic rings. The smallest absolute Gasteiger partial charge is 0.280 e. The van der Waals surface area contributed by atoms with Gasteiger partial charge in [0.15, 0.2) is 5.82 Å².